The maximum Gasteiger partial charge on any atom is 0.137 e. The Morgan fingerprint density at radius 3 is 2.07 bits per heavy atom. The van der Waals surface area contributed by atoms with Crippen LogP contribution in [0.1, 0.15) is 31.1 Å². The molecular weight excluding hydrogens is 231 g/mol. The third-order valence-corrected chi connectivity index (χ3v) is 2.68. The van der Waals surface area contributed by atoms with Gasteiger partial charge in [-0.15, -0.1) is 23.2 Å². The highest BCUT2D eigenvalue weighted by molar-refractivity contribution is 6.44. The van der Waals surface area contributed by atoms with E-state index in [9.17, 15) is 5.11 Å². The van der Waals surface area contributed by atoms with Gasteiger partial charge in [0.1, 0.15) is 10.9 Å². The molecule has 0 aliphatic carbocycles. The maximum atomic E-state index is 9.61. The zero-order valence-electron chi connectivity index (χ0n) is 8.95. The summed E-state index contributed by atoms with van der Waals surface area (Å²) >= 11 is 11.2. The normalized spacial score (nSPS) is 13.5. The van der Waals surface area contributed by atoms with E-state index in [0.717, 1.165) is 12.0 Å². The Bertz CT molecular complexity index is 293. The molecule has 0 heterocycles. The minimum Gasteiger partial charge on any atom is -0.386 e. The third-order valence-electron chi connectivity index (χ3n) is 2.20. The summed E-state index contributed by atoms with van der Waals surface area (Å²) < 4.78 is 0. The molecule has 84 valence electrons. The van der Waals surface area contributed by atoms with Crippen molar-refractivity contribution in [2.24, 2.45) is 5.92 Å². The molecule has 0 amide bonds. The van der Waals surface area contributed by atoms with E-state index in [0.29, 0.717) is 5.92 Å². The molecular formula is C12H16Cl2O. The van der Waals surface area contributed by atoms with Crippen molar-refractivity contribution in [3.05, 3.63) is 35.4 Å². The second-order valence-electron chi connectivity index (χ2n) is 4.12. The van der Waals surface area contributed by atoms with E-state index in [-0.39, 0.29) is 0 Å². The van der Waals surface area contributed by atoms with Crippen LogP contribution in [0.4, 0.5) is 0 Å². The highest BCUT2D eigenvalue weighted by Gasteiger charge is 2.15. The van der Waals surface area contributed by atoms with E-state index < -0.39 is 10.9 Å². The Labute approximate surface area is 101 Å². The van der Waals surface area contributed by atoms with Crippen molar-refractivity contribution in [2.75, 3.05) is 0 Å². The van der Waals surface area contributed by atoms with Gasteiger partial charge in [-0.1, -0.05) is 38.1 Å². The predicted molar refractivity (Wildman–Crippen MR) is 65.4 cm³/mol. The van der Waals surface area contributed by atoms with Gasteiger partial charge in [0.15, 0.2) is 0 Å². The molecule has 1 aromatic rings. The first kappa shape index (κ1) is 12.8. The van der Waals surface area contributed by atoms with Crippen LogP contribution in [0.5, 0.6) is 0 Å². The minimum absolute atomic E-state index is 0.634. The lowest BCUT2D eigenvalue weighted by molar-refractivity contribution is 0.193. The number of hydrogen-bond donors (Lipinski definition) is 1. The van der Waals surface area contributed by atoms with Gasteiger partial charge in [-0.3, -0.25) is 0 Å². The molecule has 0 aliphatic heterocycles. The van der Waals surface area contributed by atoms with Gasteiger partial charge in [0.25, 0.3) is 0 Å². The number of alkyl halides is 2. The lowest BCUT2D eigenvalue weighted by Gasteiger charge is -2.12. The van der Waals surface area contributed by atoms with Crippen molar-refractivity contribution >= 4 is 23.2 Å². The molecule has 0 saturated carbocycles. The van der Waals surface area contributed by atoms with E-state index in [1.807, 2.05) is 24.3 Å². The third kappa shape index (κ3) is 4.02. The Kier molecular flexibility index (Phi) is 4.91. The number of benzene rings is 1. The van der Waals surface area contributed by atoms with Gasteiger partial charge < -0.3 is 5.11 Å². The highest BCUT2D eigenvalue weighted by Crippen LogP contribution is 2.24. The molecule has 0 spiro atoms. The van der Waals surface area contributed by atoms with E-state index >= 15 is 0 Å². The number of rotatable bonds is 4. The molecule has 1 rings (SSSR count). The van der Waals surface area contributed by atoms with E-state index in [1.54, 1.807) is 0 Å². The van der Waals surface area contributed by atoms with E-state index in [2.05, 4.69) is 13.8 Å². The summed E-state index contributed by atoms with van der Waals surface area (Å²) in [5.74, 6) is 0.634. The van der Waals surface area contributed by atoms with Crippen LogP contribution in [0.25, 0.3) is 0 Å². The summed E-state index contributed by atoms with van der Waals surface area (Å²) in [6.07, 6.45) is 0.239. The molecule has 1 N–H and O–H groups in total. The number of aliphatic hydroxyl groups is 1. The van der Waals surface area contributed by atoms with E-state index in [1.165, 1.54) is 5.56 Å². The standard InChI is InChI=1S/C12H16Cl2O/c1-8(2)7-9-3-5-10(6-4-9)11(15)12(13)14/h3-6,8,11-12,15H,7H2,1-2H3. The SMILES string of the molecule is CC(C)Cc1ccc(C(O)C(Cl)Cl)cc1. The Hall–Kier alpha value is -0.240. The van der Waals surface area contributed by atoms with Crippen molar-refractivity contribution in [2.45, 2.75) is 31.2 Å². The van der Waals surface area contributed by atoms with Gasteiger partial charge in [-0.05, 0) is 23.5 Å². The average molecular weight is 247 g/mol. The van der Waals surface area contributed by atoms with Gasteiger partial charge >= 0.3 is 0 Å². The highest BCUT2D eigenvalue weighted by atomic mass is 35.5. The molecule has 1 aromatic carbocycles. The zero-order valence-corrected chi connectivity index (χ0v) is 10.5. The van der Waals surface area contributed by atoms with Gasteiger partial charge in [-0.25, -0.2) is 0 Å². The van der Waals surface area contributed by atoms with Crippen LogP contribution in [-0.4, -0.2) is 9.94 Å². The molecule has 0 aromatic heterocycles. The Morgan fingerprint density at radius 2 is 1.67 bits per heavy atom. The quantitative estimate of drug-likeness (QED) is 0.804. The predicted octanol–water partition coefficient (Wildman–Crippen LogP) is 3.72. The second kappa shape index (κ2) is 5.74. The summed E-state index contributed by atoms with van der Waals surface area (Å²) in [5, 5.41) is 9.61. The van der Waals surface area contributed by atoms with Crippen molar-refractivity contribution in [1.82, 2.24) is 0 Å². The lowest BCUT2D eigenvalue weighted by atomic mass is 10.0. The van der Waals surface area contributed by atoms with Crippen molar-refractivity contribution in [3.8, 4) is 0 Å². The molecule has 3 heteroatoms. The molecule has 1 unspecified atom stereocenters. The summed E-state index contributed by atoms with van der Waals surface area (Å²) in [6.45, 7) is 4.35. The average Bonchev–Trinajstić information content (AvgIpc) is 2.17. The molecule has 0 saturated heterocycles. The second-order valence-corrected chi connectivity index (χ2v) is 5.28. The lowest BCUT2D eigenvalue weighted by Crippen LogP contribution is -2.06. The Balaban J connectivity index is 2.72. The summed E-state index contributed by atoms with van der Waals surface area (Å²) in [6, 6.07) is 7.77. The molecule has 0 aliphatic rings. The zero-order chi connectivity index (χ0) is 11.4. The Morgan fingerprint density at radius 1 is 1.13 bits per heavy atom. The van der Waals surface area contributed by atoms with Crippen molar-refractivity contribution < 1.29 is 5.11 Å². The molecule has 1 atom stereocenters. The maximum absolute atomic E-state index is 9.61. The topological polar surface area (TPSA) is 20.2 Å². The van der Waals surface area contributed by atoms with Crippen LogP contribution in [0.2, 0.25) is 0 Å². The molecule has 0 bridgehead atoms. The van der Waals surface area contributed by atoms with Crippen LogP contribution in [0.15, 0.2) is 24.3 Å². The first-order chi connectivity index (χ1) is 7.00. The van der Waals surface area contributed by atoms with Gasteiger partial charge in [-0.2, -0.15) is 0 Å². The molecule has 15 heavy (non-hydrogen) atoms. The summed E-state index contributed by atoms with van der Waals surface area (Å²) in [5.41, 5.74) is 2.03. The van der Waals surface area contributed by atoms with Crippen molar-refractivity contribution in [3.63, 3.8) is 0 Å². The number of hydrogen-bond acceptors (Lipinski definition) is 1. The summed E-state index contributed by atoms with van der Waals surface area (Å²) in [7, 11) is 0. The number of aliphatic hydroxyl groups excluding tert-OH is 1. The molecule has 1 nitrogen and oxygen atoms in total. The van der Waals surface area contributed by atoms with Crippen LogP contribution < -0.4 is 0 Å². The first-order valence-electron chi connectivity index (χ1n) is 5.05. The van der Waals surface area contributed by atoms with Gasteiger partial charge in [0.2, 0.25) is 0 Å². The van der Waals surface area contributed by atoms with Gasteiger partial charge in [0.05, 0.1) is 0 Å². The molecule has 0 radical (unpaired) electrons. The fourth-order valence-corrected chi connectivity index (χ4v) is 1.76. The van der Waals surface area contributed by atoms with Crippen LogP contribution in [-0.2, 0) is 6.42 Å². The van der Waals surface area contributed by atoms with E-state index in [4.69, 9.17) is 23.2 Å². The minimum atomic E-state index is -0.804. The fraction of sp³-hybridized carbons (Fsp3) is 0.500. The van der Waals surface area contributed by atoms with Gasteiger partial charge in [0, 0.05) is 0 Å². The molecule has 0 fully saturated rings. The summed E-state index contributed by atoms with van der Waals surface area (Å²) in [4.78, 5) is -0.777. The first-order valence-corrected chi connectivity index (χ1v) is 5.93. The van der Waals surface area contributed by atoms with Crippen LogP contribution in [0.3, 0.4) is 0 Å². The monoisotopic (exact) mass is 246 g/mol. The largest absolute Gasteiger partial charge is 0.386 e. The fourth-order valence-electron chi connectivity index (χ4n) is 1.47. The smallest absolute Gasteiger partial charge is 0.137 e. The number of halogens is 2. The van der Waals surface area contributed by atoms with Crippen LogP contribution in [0, 0.1) is 5.92 Å². The van der Waals surface area contributed by atoms with Crippen LogP contribution >= 0.6 is 23.2 Å². The van der Waals surface area contributed by atoms with Crippen molar-refractivity contribution in [1.29, 1.82) is 0 Å².